The number of nitro benzene ring substituents is 1. The van der Waals surface area contributed by atoms with Gasteiger partial charge in [-0.3, -0.25) is 10.1 Å². The summed E-state index contributed by atoms with van der Waals surface area (Å²) in [6, 6.07) is 4.88. The van der Waals surface area contributed by atoms with Crippen LogP contribution in [0.1, 0.15) is 13.8 Å². The first kappa shape index (κ1) is 13.3. The fraction of sp³-hybridized carbons (Fsp3) is 0.417. The number of benzene rings is 1. The Morgan fingerprint density at radius 1 is 1.53 bits per heavy atom. The molecule has 0 spiro atoms. The van der Waals surface area contributed by atoms with Crippen molar-refractivity contribution in [2.45, 2.75) is 19.9 Å². The lowest BCUT2D eigenvalue weighted by atomic mass is 10.1. The fourth-order valence-electron chi connectivity index (χ4n) is 1.80. The molecule has 0 aliphatic carbocycles. The molecule has 7 heteroatoms. The van der Waals surface area contributed by atoms with Gasteiger partial charge in [0, 0.05) is 18.7 Å². The van der Waals surface area contributed by atoms with E-state index >= 15 is 0 Å². The van der Waals surface area contributed by atoms with Crippen LogP contribution < -0.4 is 11.1 Å². The van der Waals surface area contributed by atoms with Gasteiger partial charge in [-0.2, -0.15) is 4.98 Å². The number of rotatable bonds is 5. The normalized spacial score (nSPS) is 12.8. The van der Waals surface area contributed by atoms with Crippen molar-refractivity contribution < 1.29 is 9.34 Å². The van der Waals surface area contributed by atoms with Crippen LogP contribution >= 0.6 is 0 Å². The molecule has 0 amide bonds. The third kappa shape index (κ3) is 2.65. The topological polar surface area (TPSA) is 107 Å². The number of fused-ring (bicyclic) bond motifs is 1. The molecule has 7 nitrogen and oxygen atoms in total. The molecule has 0 radical (unpaired) electrons. The van der Waals surface area contributed by atoms with E-state index < -0.39 is 4.92 Å². The zero-order chi connectivity index (χ0) is 14.0. The number of anilines is 1. The summed E-state index contributed by atoms with van der Waals surface area (Å²) < 4.78 is 5.46. The molecular weight excluding hydrogens is 248 g/mol. The summed E-state index contributed by atoms with van der Waals surface area (Å²) in [4.78, 5) is 14.5. The maximum Gasteiger partial charge on any atom is 0.298 e. The van der Waals surface area contributed by atoms with Crippen LogP contribution in [-0.2, 0) is 0 Å². The van der Waals surface area contributed by atoms with E-state index in [1.807, 2.05) is 13.8 Å². The molecule has 19 heavy (non-hydrogen) atoms. The second-order valence-corrected chi connectivity index (χ2v) is 4.63. The molecule has 1 aromatic heterocycles. The van der Waals surface area contributed by atoms with E-state index in [0.717, 1.165) is 0 Å². The Bertz CT molecular complexity index is 594. The highest BCUT2D eigenvalue weighted by Gasteiger charge is 2.19. The Balaban J connectivity index is 2.36. The maximum atomic E-state index is 10.9. The number of non-ortho nitro benzene ring substituents is 1. The minimum absolute atomic E-state index is 0.00659. The standard InChI is InChI=1S/C12H16N4O3/c1-7(2)8(6-13)14-12-15-11-9(16(17)18)4-3-5-10(11)19-12/h3-5,7-8H,6,13H2,1-2H3,(H,14,15). The van der Waals surface area contributed by atoms with Crippen LogP contribution in [0.5, 0.6) is 0 Å². The third-order valence-corrected chi connectivity index (χ3v) is 2.96. The largest absolute Gasteiger partial charge is 0.423 e. The van der Waals surface area contributed by atoms with Crippen LogP contribution in [0.15, 0.2) is 22.6 Å². The van der Waals surface area contributed by atoms with Crippen molar-refractivity contribution in [1.29, 1.82) is 0 Å². The molecule has 2 rings (SSSR count). The number of nitrogens with one attached hydrogen (secondary N) is 1. The van der Waals surface area contributed by atoms with Gasteiger partial charge in [0.15, 0.2) is 11.1 Å². The number of para-hydroxylation sites is 1. The maximum absolute atomic E-state index is 10.9. The monoisotopic (exact) mass is 264 g/mol. The highest BCUT2D eigenvalue weighted by atomic mass is 16.6. The van der Waals surface area contributed by atoms with Gasteiger partial charge in [-0.05, 0) is 12.0 Å². The Labute approximate surface area is 109 Å². The van der Waals surface area contributed by atoms with E-state index in [1.165, 1.54) is 6.07 Å². The Morgan fingerprint density at radius 2 is 2.26 bits per heavy atom. The molecule has 0 saturated carbocycles. The molecule has 2 aromatic rings. The fourth-order valence-corrected chi connectivity index (χ4v) is 1.80. The van der Waals surface area contributed by atoms with Crippen molar-refractivity contribution in [3.8, 4) is 0 Å². The van der Waals surface area contributed by atoms with Gasteiger partial charge in [-0.1, -0.05) is 19.9 Å². The van der Waals surface area contributed by atoms with Crippen LogP contribution in [0.3, 0.4) is 0 Å². The number of nitrogens with zero attached hydrogens (tertiary/aromatic N) is 2. The number of oxazole rings is 1. The lowest BCUT2D eigenvalue weighted by molar-refractivity contribution is -0.383. The summed E-state index contributed by atoms with van der Waals surface area (Å²) >= 11 is 0. The van der Waals surface area contributed by atoms with Gasteiger partial charge < -0.3 is 15.5 Å². The quantitative estimate of drug-likeness (QED) is 0.632. The molecule has 0 bridgehead atoms. The molecule has 1 unspecified atom stereocenters. The molecule has 0 aliphatic heterocycles. The molecular formula is C12H16N4O3. The van der Waals surface area contributed by atoms with E-state index in [4.69, 9.17) is 10.2 Å². The lowest BCUT2D eigenvalue weighted by Gasteiger charge is -2.18. The second-order valence-electron chi connectivity index (χ2n) is 4.63. The summed E-state index contributed by atoms with van der Waals surface area (Å²) in [6.07, 6.45) is 0. The molecule has 0 aliphatic rings. The minimum Gasteiger partial charge on any atom is -0.423 e. The summed E-state index contributed by atoms with van der Waals surface area (Å²) in [6.45, 7) is 4.48. The molecule has 0 fully saturated rings. The smallest absolute Gasteiger partial charge is 0.298 e. The van der Waals surface area contributed by atoms with E-state index in [0.29, 0.717) is 18.0 Å². The van der Waals surface area contributed by atoms with Gasteiger partial charge in [0.2, 0.25) is 0 Å². The number of nitro groups is 1. The SMILES string of the molecule is CC(C)C(CN)Nc1nc2c([N+](=O)[O-])cccc2o1. The first-order valence-electron chi connectivity index (χ1n) is 6.03. The summed E-state index contributed by atoms with van der Waals surface area (Å²) in [5.41, 5.74) is 6.22. The lowest BCUT2D eigenvalue weighted by Crippen LogP contribution is -2.33. The highest BCUT2D eigenvalue weighted by Crippen LogP contribution is 2.27. The van der Waals surface area contributed by atoms with E-state index in [9.17, 15) is 10.1 Å². The van der Waals surface area contributed by atoms with Crippen LogP contribution in [-0.4, -0.2) is 22.5 Å². The molecule has 102 valence electrons. The van der Waals surface area contributed by atoms with E-state index in [-0.39, 0.29) is 23.3 Å². The van der Waals surface area contributed by atoms with E-state index in [1.54, 1.807) is 12.1 Å². The van der Waals surface area contributed by atoms with Crippen LogP contribution in [0.4, 0.5) is 11.7 Å². The second kappa shape index (κ2) is 5.23. The van der Waals surface area contributed by atoms with Crippen LogP contribution in [0, 0.1) is 16.0 Å². The van der Waals surface area contributed by atoms with Gasteiger partial charge >= 0.3 is 0 Å². The van der Waals surface area contributed by atoms with Crippen molar-refractivity contribution in [3.05, 3.63) is 28.3 Å². The zero-order valence-electron chi connectivity index (χ0n) is 10.8. The number of nitrogens with two attached hydrogens (primary N) is 1. The molecule has 1 aromatic carbocycles. The number of hydrogen-bond acceptors (Lipinski definition) is 6. The summed E-state index contributed by atoms with van der Waals surface area (Å²) in [5.74, 6) is 0.301. The average molecular weight is 264 g/mol. The first-order valence-corrected chi connectivity index (χ1v) is 6.03. The van der Waals surface area contributed by atoms with Gasteiger partial charge in [0.1, 0.15) is 0 Å². The van der Waals surface area contributed by atoms with Crippen molar-refractivity contribution in [2.24, 2.45) is 11.7 Å². The van der Waals surface area contributed by atoms with Crippen molar-refractivity contribution in [3.63, 3.8) is 0 Å². The Hall–Kier alpha value is -2.15. The zero-order valence-corrected chi connectivity index (χ0v) is 10.8. The molecule has 0 saturated heterocycles. The minimum atomic E-state index is -0.475. The molecule has 1 atom stereocenters. The van der Waals surface area contributed by atoms with E-state index in [2.05, 4.69) is 10.3 Å². The predicted molar refractivity (Wildman–Crippen MR) is 72.0 cm³/mol. The summed E-state index contributed by atoms with van der Waals surface area (Å²) in [5, 5.41) is 14.0. The van der Waals surface area contributed by atoms with Crippen molar-refractivity contribution >= 4 is 22.8 Å². The van der Waals surface area contributed by atoms with Crippen LogP contribution in [0.25, 0.3) is 11.1 Å². The number of hydrogen-bond donors (Lipinski definition) is 2. The number of aromatic nitrogens is 1. The van der Waals surface area contributed by atoms with Crippen molar-refractivity contribution in [1.82, 2.24) is 4.98 Å². The molecule has 1 heterocycles. The van der Waals surface area contributed by atoms with Crippen molar-refractivity contribution in [2.75, 3.05) is 11.9 Å². The third-order valence-electron chi connectivity index (χ3n) is 2.96. The Kier molecular flexibility index (Phi) is 3.66. The van der Waals surface area contributed by atoms with Gasteiger partial charge in [0.25, 0.3) is 11.7 Å². The summed E-state index contributed by atoms with van der Waals surface area (Å²) in [7, 11) is 0. The Morgan fingerprint density at radius 3 is 2.84 bits per heavy atom. The average Bonchev–Trinajstić information content (AvgIpc) is 2.77. The van der Waals surface area contributed by atoms with Gasteiger partial charge in [0.05, 0.1) is 4.92 Å². The first-order chi connectivity index (χ1) is 9.02. The molecule has 3 N–H and O–H groups in total. The predicted octanol–water partition coefficient (Wildman–Crippen LogP) is 2.13. The van der Waals surface area contributed by atoms with Gasteiger partial charge in [-0.25, -0.2) is 0 Å². The highest BCUT2D eigenvalue weighted by molar-refractivity contribution is 5.84. The van der Waals surface area contributed by atoms with Gasteiger partial charge in [-0.15, -0.1) is 0 Å². The van der Waals surface area contributed by atoms with Crippen LogP contribution in [0.2, 0.25) is 0 Å².